The van der Waals surface area contributed by atoms with Gasteiger partial charge in [-0.05, 0) is 19.8 Å². The monoisotopic (exact) mass is 264 g/mol. The van der Waals surface area contributed by atoms with Gasteiger partial charge in [0.25, 0.3) is 0 Å². The number of aryl methyl sites for hydroxylation is 1. The minimum atomic E-state index is 0.191. The van der Waals surface area contributed by atoms with E-state index in [0.29, 0.717) is 18.9 Å². The first kappa shape index (κ1) is 15.4. The van der Waals surface area contributed by atoms with Crippen LogP contribution in [0.2, 0.25) is 0 Å². The van der Waals surface area contributed by atoms with E-state index in [1.807, 2.05) is 24.9 Å². The third-order valence-corrected chi connectivity index (χ3v) is 2.71. The summed E-state index contributed by atoms with van der Waals surface area (Å²) in [5.74, 6) is 3.18. The first-order chi connectivity index (χ1) is 8.88. The SMILES string of the molecule is CC(=O)CCN(C)c1cc(NCC(C)C)nc(C)n1. The van der Waals surface area contributed by atoms with E-state index in [1.54, 1.807) is 6.92 Å². The highest BCUT2D eigenvalue weighted by molar-refractivity contribution is 5.76. The van der Waals surface area contributed by atoms with Crippen molar-refractivity contribution >= 4 is 17.4 Å². The summed E-state index contributed by atoms with van der Waals surface area (Å²) in [6.45, 7) is 9.35. The van der Waals surface area contributed by atoms with Gasteiger partial charge in [-0.3, -0.25) is 4.79 Å². The van der Waals surface area contributed by atoms with Crippen LogP contribution in [0.5, 0.6) is 0 Å². The minimum Gasteiger partial charge on any atom is -0.370 e. The van der Waals surface area contributed by atoms with Gasteiger partial charge in [0.2, 0.25) is 0 Å². The standard InChI is InChI=1S/C14H24N4O/c1-10(2)9-15-13-8-14(17-12(4)16-13)18(5)7-6-11(3)19/h8,10H,6-7,9H2,1-5H3,(H,15,16,17). The lowest BCUT2D eigenvalue weighted by Gasteiger charge is -2.19. The normalized spacial score (nSPS) is 10.6. The molecule has 0 spiro atoms. The van der Waals surface area contributed by atoms with Gasteiger partial charge in [-0.2, -0.15) is 0 Å². The maximum atomic E-state index is 11.0. The predicted molar refractivity (Wildman–Crippen MR) is 78.7 cm³/mol. The number of hydrogen-bond acceptors (Lipinski definition) is 5. The van der Waals surface area contributed by atoms with Gasteiger partial charge in [-0.25, -0.2) is 9.97 Å². The van der Waals surface area contributed by atoms with Crippen molar-refractivity contribution in [1.82, 2.24) is 9.97 Å². The molecule has 0 saturated carbocycles. The first-order valence-corrected chi connectivity index (χ1v) is 6.68. The Balaban J connectivity index is 2.74. The third kappa shape index (κ3) is 5.68. The number of nitrogens with zero attached hydrogens (tertiary/aromatic N) is 3. The van der Waals surface area contributed by atoms with Gasteiger partial charge in [0, 0.05) is 32.6 Å². The lowest BCUT2D eigenvalue weighted by Crippen LogP contribution is -2.22. The zero-order valence-corrected chi connectivity index (χ0v) is 12.5. The number of Topliss-reactive ketones (excluding diaryl/α,β-unsaturated/α-hetero) is 1. The molecule has 0 aliphatic rings. The zero-order chi connectivity index (χ0) is 14.4. The molecule has 0 aliphatic carbocycles. The summed E-state index contributed by atoms with van der Waals surface area (Å²) in [5, 5.41) is 3.30. The number of rotatable bonds is 7. The molecule has 1 rings (SSSR count). The Hall–Kier alpha value is -1.65. The van der Waals surface area contributed by atoms with Crippen LogP contribution in [0.3, 0.4) is 0 Å². The predicted octanol–water partition coefficient (Wildman–Crippen LogP) is 2.27. The highest BCUT2D eigenvalue weighted by Gasteiger charge is 2.07. The Morgan fingerprint density at radius 3 is 2.68 bits per heavy atom. The van der Waals surface area contributed by atoms with E-state index < -0.39 is 0 Å². The van der Waals surface area contributed by atoms with Crippen LogP contribution in [0.15, 0.2) is 6.07 Å². The number of carbonyl (C=O) groups is 1. The Kier molecular flexibility index (Phi) is 5.73. The molecule has 5 nitrogen and oxygen atoms in total. The molecule has 1 N–H and O–H groups in total. The van der Waals surface area contributed by atoms with E-state index >= 15 is 0 Å². The molecule has 5 heteroatoms. The van der Waals surface area contributed by atoms with Gasteiger partial charge in [-0.15, -0.1) is 0 Å². The third-order valence-electron chi connectivity index (χ3n) is 2.71. The minimum absolute atomic E-state index is 0.191. The fourth-order valence-corrected chi connectivity index (χ4v) is 1.59. The number of hydrogen-bond donors (Lipinski definition) is 1. The molecule has 0 fully saturated rings. The van der Waals surface area contributed by atoms with Gasteiger partial charge in [-0.1, -0.05) is 13.8 Å². The summed E-state index contributed by atoms with van der Waals surface area (Å²) in [7, 11) is 1.94. The number of nitrogens with one attached hydrogen (secondary N) is 1. The molecule has 0 unspecified atom stereocenters. The Morgan fingerprint density at radius 2 is 2.11 bits per heavy atom. The molecule has 1 aromatic rings. The second-order valence-electron chi connectivity index (χ2n) is 5.31. The Labute approximate surface area is 115 Å². The summed E-state index contributed by atoms with van der Waals surface area (Å²) in [6, 6.07) is 1.93. The molecule has 0 aromatic carbocycles. The average Bonchev–Trinajstić information content (AvgIpc) is 2.32. The Bertz CT molecular complexity index is 431. The highest BCUT2D eigenvalue weighted by atomic mass is 16.1. The fraction of sp³-hybridized carbons (Fsp3) is 0.643. The molecule has 1 aromatic heterocycles. The van der Waals surface area contributed by atoms with E-state index in [-0.39, 0.29) is 5.78 Å². The maximum Gasteiger partial charge on any atom is 0.134 e. The topological polar surface area (TPSA) is 58.1 Å². The quantitative estimate of drug-likeness (QED) is 0.818. The number of ketones is 1. The van der Waals surface area contributed by atoms with Gasteiger partial charge in [0.05, 0.1) is 0 Å². The van der Waals surface area contributed by atoms with Crippen molar-refractivity contribution in [2.45, 2.75) is 34.1 Å². The summed E-state index contributed by atoms with van der Waals surface area (Å²) in [6.07, 6.45) is 0.536. The van der Waals surface area contributed by atoms with E-state index in [2.05, 4.69) is 29.1 Å². The van der Waals surface area contributed by atoms with Crippen molar-refractivity contribution in [2.24, 2.45) is 5.92 Å². The van der Waals surface area contributed by atoms with Gasteiger partial charge in [0.15, 0.2) is 0 Å². The molecular weight excluding hydrogens is 240 g/mol. The molecule has 0 atom stereocenters. The molecule has 0 bridgehead atoms. The zero-order valence-electron chi connectivity index (χ0n) is 12.5. The van der Waals surface area contributed by atoms with Crippen LogP contribution in [0.4, 0.5) is 11.6 Å². The summed E-state index contributed by atoms with van der Waals surface area (Å²) in [4.78, 5) is 21.8. The van der Waals surface area contributed by atoms with Crippen molar-refractivity contribution in [2.75, 3.05) is 30.4 Å². The number of anilines is 2. The van der Waals surface area contributed by atoms with Crippen molar-refractivity contribution < 1.29 is 4.79 Å². The molecular formula is C14H24N4O. The van der Waals surface area contributed by atoms with Crippen molar-refractivity contribution in [3.05, 3.63) is 11.9 Å². The molecule has 0 aliphatic heterocycles. The largest absolute Gasteiger partial charge is 0.370 e. The van der Waals surface area contributed by atoms with Crippen LogP contribution in [0.25, 0.3) is 0 Å². The molecule has 106 valence electrons. The summed E-state index contributed by atoms with van der Waals surface area (Å²) in [5.41, 5.74) is 0. The maximum absolute atomic E-state index is 11.0. The van der Waals surface area contributed by atoms with Crippen molar-refractivity contribution in [3.8, 4) is 0 Å². The van der Waals surface area contributed by atoms with Crippen LogP contribution in [0, 0.1) is 12.8 Å². The molecule has 0 saturated heterocycles. The van der Waals surface area contributed by atoms with Crippen LogP contribution < -0.4 is 10.2 Å². The van der Waals surface area contributed by atoms with Crippen LogP contribution in [-0.4, -0.2) is 35.9 Å². The van der Waals surface area contributed by atoms with E-state index in [4.69, 9.17) is 0 Å². The molecule has 19 heavy (non-hydrogen) atoms. The molecule has 1 heterocycles. The van der Waals surface area contributed by atoms with Crippen LogP contribution >= 0.6 is 0 Å². The fourth-order valence-electron chi connectivity index (χ4n) is 1.59. The highest BCUT2D eigenvalue weighted by Crippen LogP contribution is 2.15. The van der Waals surface area contributed by atoms with Crippen molar-refractivity contribution in [3.63, 3.8) is 0 Å². The Morgan fingerprint density at radius 1 is 1.42 bits per heavy atom. The second kappa shape index (κ2) is 7.07. The second-order valence-corrected chi connectivity index (χ2v) is 5.31. The summed E-state index contributed by atoms with van der Waals surface area (Å²) >= 11 is 0. The average molecular weight is 264 g/mol. The number of carbonyl (C=O) groups excluding carboxylic acids is 1. The van der Waals surface area contributed by atoms with Crippen LogP contribution in [-0.2, 0) is 4.79 Å². The van der Waals surface area contributed by atoms with Crippen molar-refractivity contribution in [1.29, 1.82) is 0 Å². The van der Waals surface area contributed by atoms with Gasteiger partial charge in [0.1, 0.15) is 23.2 Å². The summed E-state index contributed by atoms with van der Waals surface area (Å²) < 4.78 is 0. The lowest BCUT2D eigenvalue weighted by molar-refractivity contribution is -0.116. The smallest absolute Gasteiger partial charge is 0.134 e. The van der Waals surface area contributed by atoms with E-state index in [0.717, 1.165) is 24.0 Å². The molecule has 0 amide bonds. The lowest BCUT2D eigenvalue weighted by atomic mass is 10.2. The van der Waals surface area contributed by atoms with E-state index in [9.17, 15) is 4.79 Å². The van der Waals surface area contributed by atoms with Gasteiger partial charge < -0.3 is 10.2 Å². The number of aromatic nitrogens is 2. The molecule has 0 radical (unpaired) electrons. The first-order valence-electron chi connectivity index (χ1n) is 6.68. The van der Waals surface area contributed by atoms with Crippen LogP contribution in [0.1, 0.15) is 33.0 Å². The van der Waals surface area contributed by atoms with Gasteiger partial charge >= 0.3 is 0 Å². The van der Waals surface area contributed by atoms with E-state index in [1.165, 1.54) is 0 Å².